The number of hydrogen-bond acceptors (Lipinski definition) is 0. The molecule has 0 aromatic heterocycles. The second-order valence-electron chi connectivity index (χ2n) is 10.7. The van der Waals surface area contributed by atoms with E-state index in [9.17, 15) is 0 Å². The summed E-state index contributed by atoms with van der Waals surface area (Å²) in [5.74, 6) is 1.66. The molecule has 0 unspecified atom stereocenters. The average molecular weight is 383 g/mol. The molecule has 4 rings (SSSR count). The van der Waals surface area contributed by atoms with Crippen molar-refractivity contribution in [3.8, 4) is 0 Å². The predicted octanol–water partition coefficient (Wildman–Crippen LogP) is 7.95. The molecule has 1 fully saturated rings. The molecule has 0 saturated heterocycles. The zero-order valence-electron chi connectivity index (χ0n) is 18.7. The van der Waals surface area contributed by atoms with Gasteiger partial charge in [0.05, 0.1) is 0 Å². The minimum atomic E-state index is 0.148. The zero-order chi connectivity index (χ0) is 20.8. The Hall–Kier alpha value is -2.34. The molecule has 0 bridgehead atoms. The Morgan fingerprint density at radius 2 is 0.793 bits per heavy atom. The van der Waals surface area contributed by atoms with Crippen molar-refractivity contribution >= 4 is 0 Å². The monoisotopic (exact) mass is 382 g/mol. The first-order valence-corrected chi connectivity index (χ1v) is 10.9. The van der Waals surface area contributed by atoms with E-state index in [-0.39, 0.29) is 10.8 Å². The van der Waals surface area contributed by atoms with E-state index in [1.807, 2.05) is 0 Å². The second-order valence-corrected chi connectivity index (χ2v) is 10.7. The van der Waals surface area contributed by atoms with E-state index < -0.39 is 0 Å². The first-order chi connectivity index (χ1) is 13.7. The lowest BCUT2D eigenvalue weighted by Gasteiger charge is -2.26. The first kappa shape index (κ1) is 20.0. The van der Waals surface area contributed by atoms with Gasteiger partial charge in [-0.1, -0.05) is 120 Å². The van der Waals surface area contributed by atoms with Crippen molar-refractivity contribution in [2.45, 2.75) is 70.1 Å². The summed E-state index contributed by atoms with van der Waals surface area (Å²) in [6.07, 6.45) is 0. The Morgan fingerprint density at radius 3 is 1.14 bits per heavy atom. The van der Waals surface area contributed by atoms with E-state index >= 15 is 0 Å². The van der Waals surface area contributed by atoms with Crippen molar-refractivity contribution in [2.24, 2.45) is 0 Å². The SMILES string of the molecule is CC(C)(C)c1cc(C2[C@@H](c3ccccc3)[C@@H]2c2ccccc2)cc(C(C)(C)C)c1. The van der Waals surface area contributed by atoms with Crippen molar-refractivity contribution in [1.82, 2.24) is 0 Å². The third kappa shape index (κ3) is 4.04. The van der Waals surface area contributed by atoms with Gasteiger partial charge in [-0.25, -0.2) is 0 Å². The summed E-state index contributed by atoms with van der Waals surface area (Å²) >= 11 is 0. The quantitative estimate of drug-likeness (QED) is 0.431. The smallest absolute Gasteiger partial charge is 0.00118 e. The highest BCUT2D eigenvalue weighted by Gasteiger charge is 2.52. The van der Waals surface area contributed by atoms with E-state index in [2.05, 4.69) is 120 Å². The average Bonchev–Trinajstić information content (AvgIpc) is 3.43. The van der Waals surface area contributed by atoms with Crippen LogP contribution in [0.15, 0.2) is 78.9 Å². The molecule has 29 heavy (non-hydrogen) atoms. The van der Waals surface area contributed by atoms with Gasteiger partial charge in [0.25, 0.3) is 0 Å². The van der Waals surface area contributed by atoms with Crippen LogP contribution in [-0.4, -0.2) is 0 Å². The third-order valence-electron chi connectivity index (χ3n) is 6.46. The molecule has 1 saturated carbocycles. The molecule has 0 nitrogen and oxygen atoms in total. The Morgan fingerprint density at radius 1 is 0.448 bits per heavy atom. The Bertz CT molecular complexity index is 890. The molecule has 3 aromatic rings. The number of rotatable bonds is 3. The molecule has 0 heterocycles. The zero-order valence-corrected chi connectivity index (χ0v) is 18.7. The molecule has 0 amide bonds. The van der Waals surface area contributed by atoms with Crippen LogP contribution in [0.4, 0.5) is 0 Å². The van der Waals surface area contributed by atoms with Gasteiger partial charge in [-0.05, 0) is 56.4 Å². The Balaban J connectivity index is 1.83. The summed E-state index contributed by atoms with van der Waals surface area (Å²) in [6.45, 7) is 14.0. The summed E-state index contributed by atoms with van der Waals surface area (Å²) in [4.78, 5) is 0. The molecule has 150 valence electrons. The topological polar surface area (TPSA) is 0 Å². The minimum absolute atomic E-state index is 0.148. The minimum Gasteiger partial charge on any atom is -0.0622 e. The van der Waals surface area contributed by atoms with Gasteiger partial charge >= 0.3 is 0 Å². The van der Waals surface area contributed by atoms with Crippen molar-refractivity contribution in [1.29, 1.82) is 0 Å². The van der Waals surface area contributed by atoms with Crippen LogP contribution < -0.4 is 0 Å². The fourth-order valence-corrected chi connectivity index (χ4v) is 4.62. The van der Waals surface area contributed by atoms with Crippen molar-refractivity contribution in [2.75, 3.05) is 0 Å². The van der Waals surface area contributed by atoms with Gasteiger partial charge < -0.3 is 0 Å². The van der Waals surface area contributed by atoms with E-state index in [1.165, 1.54) is 27.8 Å². The molecule has 0 aliphatic heterocycles. The fourth-order valence-electron chi connectivity index (χ4n) is 4.62. The van der Waals surface area contributed by atoms with Crippen LogP contribution in [0.1, 0.15) is 87.1 Å². The van der Waals surface area contributed by atoms with Crippen LogP contribution >= 0.6 is 0 Å². The maximum atomic E-state index is 2.48. The molecule has 1 aliphatic carbocycles. The lowest BCUT2D eigenvalue weighted by atomic mass is 9.79. The van der Waals surface area contributed by atoms with Crippen LogP contribution in [0, 0.1) is 0 Å². The van der Waals surface area contributed by atoms with Gasteiger partial charge in [-0.2, -0.15) is 0 Å². The van der Waals surface area contributed by atoms with E-state index in [4.69, 9.17) is 0 Å². The highest BCUT2D eigenvalue weighted by Crippen LogP contribution is 2.66. The molecule has 0 spiro atoms. The Labute approximate surface area is 177 Å². The van der Waals surface area contributed by atoms with Crippen molar-refractivity contribution in [3.05, 3.63) is 107 Å². The maximum absolute atomic E-state index is 2.48. The number of hydrogen-bond donors (Lipinski definition) is 0. The molecule has 0 radical (unpaired) electrons. The van der Waals surface area contributed by atoms with Gasteiger partial charge in [-0.15, -0.1) is 0 Å². The highest BCUT2D eigenvalue weighted by atomic mass is 14.5. The van der Waals surface area contributed by atoms with Crippen LogP contribution in [0.25, 0.3) is 0 Å². The summed E-state index contributed by atoms with van der Waals surface area (Å²) < 4.78 is 0. The molecule has 1 aliphatic rings. The molecule has 2 atom stereocenters. The van der Waals surface area contributed by atoms with Gasteiger partial charge in [-0.3, -0.25) is 0 Å². The largest absolute Gasteiger partial charge is 0.0622 e. The lowest BCUT2D eigenvalue weighted by Crippen LogP contribution is -2.17. The van der Waals surface area contributed by atoms with E-state index in [1.54, 1.807) is 0 Å². The highest BCUT2D eigenvalue weighted by molar-refractivity contribution is 5.50. The first-order valence-electron chi connectivity index (χ1n) is 10.9. The van der Waals surface area contributed by atoms with Crippen LogP contribution in [0.5, 0.6) is 0 Å². The van der Waals surface area contributed by atoms with Gasteiger partial charge in [0.15, 0.2) is 0 Å². The fraction of sp³-hybridized carbons (Fsp3) is 0.379. The summed E-state index contributed by atoms with van der Waals surface area (Å²) in [5.41, 5.74) is 7.63. The number of benzene rings is 3. The van der Waals surface area contributed by atoms with Crippen LogP contribution in [0.3, 0.4) is 0 Å². The molecular formula is C29H34. The lowest BCUT2D eigenvalue weighted by molar-refractivity contribution is 0.566. The van der Waals surface area contributed by atoms with E-state index in [0.29, 0.717) is 17.8 Å². The van der Waals surface area contributed by atoms with Crippen molar-refractivity contribution in [3.63, 3.8) is 0 Å². The van der Waals surface area contributed by atoms with E-state index in [0.717, 1.165) is 0 Å². The van der Waals surface area contributed by atoms with Gasteiger partial charge in [0.2, 0.25) is 0 Å². The second kappa shape index (κ2) is 7.17. The predicted molar refractivity (Wildman–Crippen MR) is 125 cm³/mol. The third-order valence-corrected chi connectivity index (χ3v) is 6.46. The Kier molecular flexibility index (Phi) is 4.93. The molecular weight excluding hydrogens is 348 g/mol. The molecule has 0 N–H and O–H groups in total. The summed E-state index contributed by atoms with van der Waals surface area (Å²) in [6, 6.07) is 29.6. The van der Waals surface area contributed by atoms with Crippen molar-refractivity contribution < 1.29 is 0 Å². The van der Waals surface area contributed by atoms with Crippen LogP contribution in [-0.2, 0) is 10.8 Å². The molecule has 0 heteroatoms. The standard InChI is InChI=1S/C29H34/c1-28(2,3)23-17-22(18-24(19-23)29(4,5)6)27-25(20-13-9-7-10-14-20)26(27)21-15-11-8-12-16-21/h7-19,25-27H,1-6H3/t25-,26-/m0/s1. The van der Waals surface area contributed by atoms with Gasteiger partial charge in [0, 0.05) is 0 Å². The maximum Gasteiger partial charge on any atom is -0.00118 e. The molecule has 3 aromatic carbocycles. The van der Waals surface area contributed by atoms with Crippen LogP contribution in [0.2, 0.25) is 0 Å². The van der Waals surface area contributed by atoms with Gasteiger partial charge in [0.1, 0.15) is 0 Å². The summed E-state index contributed by atoms with van der Waals surface area (Å²) in [7, 11) is 0. The summed E-state index contributed by atoms with van der Waals surface area (Å²) in [5, 5.41) is 0. The normalized spacial score (nSPS) is 21.8.